The molecule has 1 aliphatic carbocycles. The summed E-state index contributed by atoms with van der Waals surface area (Å²) < 4.78 is 1.63. The molecule has 1 unspecified atom stereocenters. The first-order valence-electron chi connectivity index (χ1n) is 8.81. The Balaban J connectivity index is 1.52. The van der Waals surface area contributed by atoms with Crippen LogP contribution in [-0.4, -0.2) is 38.6 Å². The summed E-state index contributed by atoms with van der Waals surface area (Å²) in [5.41, 5.74) is 1.50. The molecule has 25 heavy (non-hydrogen) atoms. The summed E-state index contributed by atoms with van der Waals surface area (Å²) in [5.74, 6) is 0.909. The Kier molecular flexibility index (Phi) is 5.65. The van der Waals surface area contributed by atoms with Gasteiger partial charge in [-0.2, -0.15) is 5.10 Å². The van der Waals surface area contributed by atoms with E-state index in [0.717, 1.165) is 18.4 Å². The average Bonchev–Trinajstić information content (AvgIpc) is 3.07. The molecule has 3 N–H and O–H groups in total. The third-order valence-electron chi connectivity index (χ3n) is 4.64. The van der Waals surface area contributed by atoms with Crippen LogP contribution in [0, 0.1) is 5.92 Å². The molecule has 0 saturated heterocycles. The van der Waals surface area contributed by atoms with Gasteiger partial charge in [-0.1, -0.05) is 31.4 Å². The lowest BCUT2D eigenvalue weighted by Gasteiger charge is -2.26. The Bertz CT molecular complexity index is 709. The van der Waals surface area contributed by atoms with E-state index in [1.165, 1.54) is 19.3 Å². The number of amides is 2. The van der Waals surface area contributed by atoms with Gasteiger partial charge < -0.3 is 15.7 Å². The van der Waals surface area contributed by atoms with Gasteiger partial charge in [0.25, 0.3) is 0 Å². The highest BCUT2D eigenvalue weighted by Crippen LogP contribution is 2.26. The van der Waals surface area contributed by atoms with Gasteiger partial charge in [-0.3, -0.25) is 4.68 Å². The van der Waals surface area contributed by atoms with Crippen molar-refractivity contribution in [2.45, 2.75) is 38.2 Å². The fourth-order valence-electron chi connectivity index (χ4n) is 3.27. The lowest BCUT2D eigenvalue weighted by molar-refractivity contribution is 0.0863. The number of anilines is 1. The highest BCUT2D eigenvalue weighted by Gasteiger charge is 2.21. The molecule has 0 bridgehead atoms. The molecule has 0 aliphatic heterocycles. The van der Waals surface area contributed by atoms with Crippen molar-refractivity contribution in [2.75, 3.05) is 11.9 Å². The summed E-state index contributed by atoms with van der Waals surface area (Å²) in [6, 6.07) is 7.06. The van der Waals surface area contributed by atoms with Gasteiger partial charge in [-0.15, -0.1) is 0 Å². The van der Waals surface area contributed by atoms with Crippen molar-refractivity contribution in [3.05, 3.63) is 30.6 Å². The Morgan fingerprint density at radius 3 is 2.88 bits per heavy atom. The smallest absolute Gasteiger partial charge is 0.319 e. The van der Waals surface area contributed by atoms with Crippen LogP contribution in [0.4, 0.5) is 10.5 Å². The monoisotopic (exact) mass is 343 g/mol. The first-order chi connectivity index (χ1) is 12.1. The number of aromatic nitrogens is 3. The van der Waals surface area contributed by atoms with Crippen LogP contribution in [0.1, 0.15) is 32.1 Å². The van der Waals surface area contributed by atoms with E-state index >= 15 is 0 Å². The highest BCUT2D eigenvalue weighted by molar-refractivity contribution is 5.89. The molecular formula is C18H25N5O2. The number of benzene rings is 1. The molecule has 1 saturated carbocycles. The van der Waals surface area contributed by atoms with Crippen LogP contribution in [0.3, 0.4) is 0 Å². The molecule has 1 heterocycles. The number of rotatable bonds is 5. The third kappa shape index (κ3) is 4.79. The molecule has 1 atom stereocenters. The van der Waals surface area contributed by atoms with Gasteiger partial charge in [0.2, 0.25) is 0 Å². The number of urea groups is 1. The quantitative estimate of drug-likeness (QED) is 0.778. The topological polar surface area (TPSA) is 92.1 Å². The first kappa shape index (κ1) is 17.4. The second-order valence-corrected chi connectivity index (χ2v) is 6.62. The van der Waals surface area contributed by atoms with Crippen LogP contribution in [0.2, 0.25) is 0 Å². The molecule has 7 heteroatoms. The van der Waals surface area contributed by atoms with Crippen molar-refractivity contribution in [2.24, 2.45) is 13.0 Å². The van der Waals surface area contributed by atoms with Crippen LogP contribution in [0.15, 0.2) is 30.6 Å². The maximum Gasteiger partial charge on any atom is 0.319 e. The SMILES string of the molecule is Cn1cnc(-c2cccc(NC(=O)NCC(O)C3CCCCC3)c2)n1. The van der Waals surface area contributed by atoms with Crippen LogP contribution >= 0.6 is 0 Å². The van der Waals surface area contributed by atoms with Crippen molar-refractivity contribution in [1.29, 1.82) is 0 Å². The lowest BCUT2D eigenvalue weighted by Crippen LogP contribution is -2.39. The molecule has 1 aliphatic rings. The van der Waals surface area contributed by atoms with Gasteiger partial charge >= 0.3 is 6.03 Å². The largest absolute Gasteiger partial charge is 0.391 e. The summed E-state index contributed by atoms with van der Waals surface area (Å²) in [6.45, 7) is 0.276. The molecule has 0 radical (unpaired) electrons. The number of nitrogens with zero attached hydrogens (tertiary/aromatic N) is 3. The Hall–Kier alpha value is -2.41. The summed E-state index contributed by atoms with van der Waals surface area (Å²) in [7, 11) is 1.81. The molecule has 1 fully saturated rings. The molecule has 2 aromatic rings. The fourth-order valence-corrected chi connectivity index (χ4v) is 3.27. The van der Waals surface area contributed by atoms with Crippen LogP contribution in [-0.2, 0) is 7.05 Å². The van der Waals surface area contributed by atoms with Crippen LogP contribution in [0.5, 0.6) is 0 Å². The van der Waals surface area contributed by atoms with Crippen LogP contribution in [0.25, 0.3) is 11.4 Å². The Morgan fingerprint density at radius 1 is 1.36 bits per heavy atom. The first-order valence-corrected chi connectivity index (χ1v) is 8.81. The lowest BCUT2D eigenvalue weighted by atomic mass is 9.85. The van der Waals surface area contributed by atoms with Crippen molar-refractivity contribution in [3.63, 3.8) is 0 Å². The minimum atomic E-state index is -0.477. The van der Waals surface area contributed by atoms with E-state index in [0.29, 0.717) is 17.4 Å². The summed E-state index contributed by atoms with van der Waals surface area (Å²) >= 11 is 0. The minimum absolute atomic E-state index is 0.276. The summed E-state index contributed by atoms with van der Waals surface area (Å²) in [5, 5.41) is 20.0. The molecule has 1 aromatic heterocycles. The predicted molar refractivity (Wildman–Crippen MR) is 96.0 cm³/mol. The van der Waals surface area contributed by atoms with E-state index in [1.54, 1.807) is 11.0 Å². The summed E-state index contributed by atoms with van der Waals surface area (Å²) in [4.78, 5) is 16.3. The normalized spacial score (nSPS) is 16.4. The van der Waals surface area contributed by atoms with E-state index in [1.807, 2.05) is 31.3 Å². The number of carbonyl (C=O) groups excluding carboxylic acids is 1. The standard InChI is InChI=1S/C18H25N5O2/c1-23-12-20-17(22-23)14-8-5-9-15(10-14)21-18(25)19-11-16(24)13-6-3-2-4-7-13/h5,8-10,12-13,16,24H,2-4,6-7,11H2,1H3,(H2,19,21,25). The fraction of sp³-hybridized carbons (Fsp3) is 0.500. The molecule has 3 rings (SSSR count). The second kappa shape index (κ2) is 8.11. The van der Waals surface area contributed by atoms with E-state index in [9.17, 15) is 9.90 Å². The number of aryl methyl sites for hydroxylation is 1. The zero-order valence-corrected chi connectivity index (χ0v) is 14.5. The van der Waals surface area contributed by atoms with E-state index in [2.05, 4.69) is 20.7 Å². The zero-order chi connectivity index (χ0) is 17.6. The number of hydrogen-bond acceptors (Lipinski definition) is 4. The van der Waals surface area contributed by atoms with E-state index in [4.69, 9.17) is 0 Å². The highest BCUT2D eigenvalue weighted by atomic mass is 16.3. The van der Waals surface area contributed by atoms with Gasteiger partial charge in [0, 0.05) is 24.8 Å². The van der Waals surface area contributed by atoms with Gasteiger partial charge in [0.15, 0.2) is 5.82 Å². The van der Waals surface area contributed by atoms with Crippen molar-refractivity contribution < 1.29 is 9.90 Å². The Labute approximate surface area is 147 Å². The van der Waals surface area contributed by atoms with Gasteiger partial charge in [-0.05, 0) is 30.9 Å². The van der Waals surface area contributed by atoms with E-state index in [-0.39, 0.29) is 12.6 Å². The molecule has 1 aromatic carbocycles. The van der Waals surface area contributed by atoms with Gasteiger partial charge in [-0.25, -0.2) is 9.78 Å². The zero-order valence-electron chi connectivity index (χ0n) is 14.5. The molecular weight excluding hydrogens is 318 g/mol. The third-order valence-corrected chi connectivity index (χ3v) is 4.64. The average molecular weight is 343 g/mol. The molecule has 0 spiro atoms. The van der Waals surface area contributed by atoms with Gasteiger partial charge in [0.05, 0.1) is 6.10 Å². The maximum atomic E-state index is 12.1. The predicted octanol–water partition coefficient (Wildman–Crippen LogP) is 2.54. The van der Waals surface area contributed by atoms with Crippen molar-refractivity contribution in [1.82, 2.24) is 20.1 Å². The van der Waals surface area contributed by atoms with Crippen molar-refractivity contribution >= 4 is 11.7 Å². The number of aliphatic hydroxyl groups excluding tert-OH is 1. The number of aliphatic hydroxyl groups is 1. The van der Waals surface area contributed by atoms with Gasteiger partial charge in [0.1, 0.15) is 6.33 Å². The second-order valence-electron chi connectivity index (χ2n) is 6.62. The molecule has 2 amide bonds. The molecule has 7 nitrogen and oxygen atoms in total. The van der Waals surface area contributed by atoms with Crippen molar-refractivity contribution in [3.8, 4) is 11.4 Å². The Morgan fingerprint density at radius 2 is 2.16 bits per heavy atom. The maximum absolute atomic E-state index is 12.1. The minimum Gasteiger partial charge on any atom is -0.391 e. The molecule has 134 valence electrons. The van der Waals surface area contributed by atoms with Crippen LogP contribution < -0.4 is 10.6 Å². The number of hydrogen-bond donors (Lipinski definition) is 3. The summed E-state index contributed by atoms with van der Waals surface area (Å²) in [6.07, 6.45) is 6.83. The van der Waals surface area contributed by atoms with E-state index < -0.39 is 6.10 Å². The number of nitrogens with one attached hydrogen (secondary N) is 2. The number of carbonyl (C=O) groups is 1.